The van der Waals surface area contributed by atoms with Crippen LogP contribution < -0.4 is 5.32 Å². The van der Waals surface area contributed by atoms with E-state index in [2.05, 4.69) is 5.32 Å². The van der Waals surface area contributed by atoms with Crippen LogP contribution in [0, 0.1) is 0 Å². The molecule has 0 aliphatic carbocycles. The number of carbonyl (C=O) groups is 2. The molecule has 1 amide bonds. The maximum absolute atomic E-state index is 11.8. The summed E-state index contributed by atoms with van der Waals surface area (Å²) in [5, 5.41) is 2.47. The maximum Gasteiger partial charge on any atom is 0.407 e. The number of ether oxygens (including phenoxy) is 1. The lowest BCUT2D eigenvalue weighted by molar-refractivity contribution is 0.0933. The van der Waals surface area contributed by atoms with Gasteiger partial charge in [0.15, 0.2) is 5.78 Å². The van der Waals surface area contributed by atoms with Crippen LogP contribution in [0.15, 0.2) is 30.3 Å². The number of Topliss-reactive ketones (excluding diaryl/α,β-unsaturated/α-hetero) is 1. The summed E-state index contributed by atoms with van der Waals surface area (Å²) >= 11 is 0. The second-order valence-corrected chi connectivity index (χ2v) is 3.32. The molecule has 0 heterocycles. The lowest BCUT2D eigenvalue weighted by Gasteiger charge is -2.12. The van der Waals surface area contributed by atoms with Gasteiger partial charge < -0.3 is 10.1 Å². The third kappa shape index (κ3) is 3.38. The Kier molecular flexibility index (Phi) is 4.51. The highest BCUT2D eigenvalue weighted by Crippen LogP contribution is 2.03. The Balaban J connectivity index is 2.58. The topological polar surface area (TPSA) is 55.4 Å². The quantitative estimate of drug-likeness (QED) is 0.791. The molecule has 0 aromatic heterocycles. The number of rotatable bonds is 4. The van der Waals surface area contributed by atoms with E-state index in [0.717, 1.165) is 0 Å². The van der Waals surface area contributed by atoms with E-state index < -0.39 is 12.1 Å². The molecule has 1 N–H and O–H groups in total. The highest BCUT2D eigenvalue weighted by molar-refractivity contribution is 6.01. The molecule has 0 aliphatic heterocycles. The van der Waals surface area contributed by atoms with Crippen molar-refractivity contribution >= 4 is 11.9 Å². The van der Waals surface area contributed by atoms with Gasteiger partial charge in [-0.1, -0.05) is 30.3 Å². The molecule has 86 valence electrons. The van der Waals surface area contributed by atoms with E-state index in [1.165, 1.54) is 0 Å². The van der Waals surface area contributed by atoms with Gasteiger partial charge in [-0.3, -0.25) is 4.79 Å². The molecular formula is C12H15NO3. The van der Waals surface area contributed by atoms with Crippen LogP contribution in [0.5, 0.6) is 0 Å². The van der Waals surface area contributed by atoms with Crippen LogP contribution in [-0.4, -0.2) is 24.5 Å². The zero-order valence-corrected chi connectivity index (χ0v) is 9.40. The largest absolute Gasteiger partial charge is 0.450 e. The van der Waals surface area contributed by atoms with E-state index in [-0.39, 0.29) is 12.4 Å². The summed E-state index contributed by atoms with van der Waals surface area (Å²) in [5.41, 5.74) is 0.576. The Hall–Kier alpha value is -1.84. The molecule has 0 bridgehead atoms. The van der Waals surface area contributed by atoms with Gasteiger partial charge in [0.2, 0.25) is 0 Å². The molecule has 1 aromatic rings. The van der Waals surface area contributed by atoms with Gasteiger partial charge in [-0.25, -0.2) is 4.79 Å². The summed E-state index contributed by atoms with van der Waals surface area (Å²) in [4.78, 5) is 22.9. The first-order chi connectivity index (χ1) is 7.65. The van der Waals surface area contributed by atoms with Crippen molar-refractivity contribution < 1.29 is 14.3 Å². The Labute approximate surface area is 94.6 Å². The van der Waals surface area contributed by atoms with E-state index in [1.54, 1.807) is 38.1 Å². The highest BCUT2D eigenvalue weighted by Gasteiger charge is 2.17. The summed E-state index contributed by atoms with van der Waals surface area (Å²) in [7, 11) is 0. The zero-order chi connectivity index (χ0) is 12.0. The number of hydrogen-bond donors (Lipinski definition) is 1. The van der Waals surface area contributed by atoms with Crippen LogP contribution >= 0.6 is 0 Å². The van der Waals surface area contributed by atoms with E-state index in [0.29, 0.717) is 5.56 Å². The van der Waals surface area contributed by atoms with Crippen molar-refractivity contribution in [2.24, 2.45) is 0 Å². The van der Waals surface area contributed by atoms with Crippen molar-refractivity contribution in [3.05, 3.63) is 35.9 Å². The first kappa shape index (κ1) is 12.2. The normalized spacial score (nSPS) is 11.6. The standard InChI is InChI=1S/C12H15NO3/c1-3-16-12(15)13-9(2)11(14)10-7-5-4-6-8-10/h4-9H,3H2,1-2H3,(H,13,15). The van der Waals surface area contributed by atoms with Crippen molar-refractivity contribution in [1.82, 2.24) is 5.32 Å². The van der Waals surface area contributed by atoms with Crippen molar-refractivity contribution in [3.8, 4) is 0 Å². The number of benzene rings is 1. The number of amides is 1. The fourth-order valence-corrected chi connectivity index (χ4v) is 1.27. The Morgan fingerprint density at radius 2 is 1.94 bits per heavy atom. The van der Waals surface area contributed by atoms with Crippen molar-refractivity contribution in [2.75, 3.05) is 6.61 Å². The SMILES string of the molecule is CCOC(=O)NC(C)C(=O)c1ccccc1. The van der Waals surface area contributed by atoms with Gasteiger partial charge in [0.25, 0.3) is 0 Å². The summed E-state index contributed by atoms with van der Waals surface area (Å²) in [6.07, 6.45) is -0.570. The minimum Gasteiger partial charge on any atom is -0.450 e. The van der Waals surface area contributed by atoms with Crippen LogP contribution in [0.1, 0.15) is 24.2 Å². The second kappa shape index (κ2) is 5.90. The average Bonchev–Trinajstić information content (AvgIpc) is 2.29. The monoisotopic (exact) mass is 221 g/mol. The van der Waals surface area contributed by atoms with Crippen molar-refractivity contribution in [3.63, 3.8) is 0 Å². The van der Waals surface area contributed by atoms with E-state index in [9.17, 15) is 9.59 Å². The Morgan fingerprint density at radius 1 is 1.31 bits per heavy atom. The van der Waals surface area contributed by atoms with Crippen LogP contribution in [0.4, 0.5) is 4.79 Å². The fraction of sp³-hybridized carbons (Fsp3) is 0.333. The molecule has 16 heavy (non-hydrogen) atoms. The Bertz CT molecular complexity index is 362. The van der Waals surface area contributed by atoms with Gasteiger partial charge in [0.05, 0.1) is 12.6 Å². The molecule has 4 heteroatoms. The summed E-state index contributed by atoms with van der Waals surface area (Å²) in [6, 6.07) is 8.24. The molecule has 4 nitrogen and oxygen atoms in total. The van der Waals surface area contributed by atoms with Crippen LogP contribution in [0.2, 0.25) is 0 Å². The van der Waals surface area contributed by atoms with Crippen molar-refractivity contribution in [2.45, 2.75) is 19.9 Å². The first-order valence-corrected chi connectivity index (χ1v) is 5.17. The Morgan fingerprint density at radius 3 is 2.50 bits per heavy atom. The maximum atomic E-state index is 11.8. The molecule has 0 radical (unpaired) electrons. The third-order valence-corrected chi connectivity index (χ3v) is 2.06. The summed E-state index contributed by atoms with van der Waals surface area (Å²) in [6.45, 7) is 3.63. The zero-order valence-electron chi connectivity index (χ0n) is 9.40. The minimum absolute atomic E-state index is 0.131. The third-order valence-electron chi connectivity index (χ3n) is 2.06. The predicted octanol–water partition coefficient (Wildman–Crippen LogP) is 2.00. The number of nitrogens with one attached hydrogen (secondary N) is 1. The first-order valence-electron chi connectivity index (χ1n) is 5.17. The lowest BCUT2D eigenvalue weighted by atomic mass is 10.1. The lowest BCUT2D eigenvalue weighted by Crippen LogP contribution is -2.38. The molecule has 1 unspecified atom stereocenters. The summed E-state index contributed by atoms with van der Waals surface area (Å²) in [5.74, 6) is -0.131. The van der Waals surface area contributed by atoms with E-state index in [1.807, 2.05) is 6.07 Å². The van der Waals surface area contributed by atoms with Crippen LogP contribution in [0.25, 0.3) is 0 Å². The molecule has 1 aromatic carbocycles. The van der Waals surface area contributed by atoms with Gasteiger partial charge in [-0.2, -0.15) is 0 Å². The molecule has 0 saturated heterocycles. The van der Waals surface area contributed by atoms with Gasteiger partial charge >= 0.3 is 6.09 Å². The van der Waals surface area contributed by atoms with Gasteiger partial charge in [-0.05, 0) is 13.8 Å². The molecule has 0 fully saturated rings. The fourth-order valence-electron chi connectivity index (χ4n) is 1.27. The minimum atomic E-state index is -0.582. The molecule has 0 spiro atoms. The molecular weight excluding hydrogens is 206 g/mol. The number of hydrogen-bond acceptors (Lipinski definition) is 3. The van der Waals surface area contributed by atoms with E-state index >= 15 is 0 Å². The van der Waals surface area contributed by atoms with E-state index in [4.69, 9.17) is 4.74 Å². The second-order valence-electron chi connectivity index (χ2n) is 3.32. The number of alkyl carbamates (subject to hydrolysis) is 1. The van der Waals surface area contributed by atoms with Gasteiger partial charge in [0, 0.05) is 5.56 Å². The molecule has 1 atom stereocenters. The highest BCUT2D eigenvalue weighted by atomic mass is 16.5. The van der Waals surface area contributed by atoms with Gasteiger partial charge in [0.1, 0.15) is 0 Å². The van der Waals surface area contributed by atoms with Gasteiger partial charge in [-0.15, -0.1) is 0 Å². The summed E-state index contributed by atoms with van der Waals surface area (Å²) < 4.78 is 4.70. The smallest absolute Gasteiger partial charge is 0.407 e. The molecule has 0 aliphatic rings. The van der Waals surface area contributed by atoms with Crippen LogP contribution in [0.3, 0.4) is 0 Å². The van der Waals surface area contributed by atoms with Crippen molar-refractivity contribution in [1.29, 1.82) is 0 Å². The average molecular weight is 221 g/mol. The number of ketones is 1. The van der Waals surface area contributed by atoms with Crippen LogP contribution in [-0.2, 0) is 4.74 Å². The predicted molar refractivity (Wildman–Crippen MR) is 60.4 cm³/mol. The molecule has 0 saturated carbocycles. The molecule has 1 rings (SSSR count). The number of carbonyl (C=O) groups excluding carboxylic acids is 2.